The van der Waals surface area contributed by atoms with Gasteiger partial charge in [-0.2, -0.15) is 0 Å². The highest BCUT2D eigenvalue weighted by Gasteiger charge is 2.35. The zero-order valence-corrected chi connectivity index (χ0v) is 16.6. The molecule has 2 aromatic rings. The lowest BCUT2D eigenvalue weighted by molar-refractivity contribution is -0.0980. The van der Waals surface area contributed by atoms with Crippen LogP contribution in [0.25, 0.3) is 0 Å². The maximum Gasteiger partial charge on any atom is 0.275 e. The molecule has 2 heterocycles. The molecule has 0 saturated carbocycles. The Hall–Kier alpha value is -3.14. The number of hydrogen-bond donors (Lipinski definition) is 2. The van der Waals surface area contributed by atoms with E-state index in [2.05, 4.69) is 23.8 Å². The smallest absolute Gasteiger partial charge is 0.275 e. The maximum atomic E-state index is 14.6. The number of alkyl halides is 2. The molecule has 3 rings (SSSR count). The number of rotatable bonds is 5. The van der Waals surface area contributed by atoms with Crippen LogP contribution in [0.3, 0.4) is 0 Å². The van der Waals surface area contributed by atoms with Gasteiger partial charge in [-0.1, -0.05) is 0 Å². The van der Waals surface area contributed by atoms with Gasteiger partial charge in [0.2, 0.25) is 0 Å². The first kappa shape index (κ1) is 24.9. The lowest BCUT2D eigenvalue weighted by Gasteiger charge is -2.39. The molecule has 1 saturated heterocycles. The van der Waals surface area contributed by atoms with Crippen LogP contribution in [0.4, 0.5) is 28.9 Å². The van der Waals surface area contributed by atoms with E-state index in [0.29, 0.717) is 13.2 Å². The SMILES string of the molecule is C=C.C=O.Cn1cc(NC2(C)COC2)c(F)c1C(=O)Nc1ccc(F)c(C(F)F)c1. The molecule has 10 heteroatoms. The first-order chi connectivity index (χ1) is 14.2. The second kappa shape index (κ2) is 10.6. The van der Waals surface area contributed by atoms with Gasteiger partial charge < -0.3 is 24.7 Å². The molecule has 0 radical (unpaired) electrons. The molecule has 0 spiro atoms. The fourth-order valence-electron chi connectivity index (χ4n) is 2.73. The van der Waals surface area contributed by atoms with E-state index in [9.17, 15) is 22.4 Å². The van der Waals surface area contributed by atoms with E-state index in [4.69, 9.17) is 9.53 Å². The Labute approximate surface area is 171 Å². The first-order valence-corrected chi connectivity index (χ1v) is 8.59. The summed E-state index contributed by atoms with van der Waals surface area (Å²) in [5, 5.41) is 5.30. The van der Waals surface area contributed by atoms with Gasteiger partial charge in [0.1, 0.15) is 18.3 Å². The monoisotopic (exact) mass is 429 g/mol. The van der Waals surface area contributed by atoms with Crippen LogP contribution in [-0.2, 0) is 16.6 Å². The number of nitrogens with one attached hydrogen (secondary N) is 2. The van der Waals surface area contributed by atoms with Crippen LogP contribution in [0.5, 0.6) is 0 Å². The highest BCUT2D eigenvalue weighted by atomic mass is 19.3. The number of ether oxygens (including phenoxy) is 1. The standard InChI is InChI=1S/C17H17F4N3O2.C2H4.CH2O/c1-17(7-26-8-17)23-12-6-24(2)14(13(12)19)16(25)22-9-3-4-11(18)10(5-9)15(20)21;2*1-2/h3-6,15,23H,7-8H2,1-2H3,(H,22,25);1-2H2;1H2. The van der Waals surface area contributed by atoms with E-state index >= 15 is 0 Å². The van der Waals surface area contributed by atoms with Gasteiger partial charge >= 0.3 is 0 Å². The number of aryl methyl sites for hydroxylation is 1. The van der Waals surface area contributed by atoms with E-state index in [1.807, 2.05) is 13.7 Å². The van der Waals surface area contributed by atoms with Crippen LogP contribution in [0.1, 0.15) is 29.4 Å². The van der Waals surface area contributed by atoms with Crippen molar-refractivity contribution in [2.24, 2.45) is 7.05 Å². The minimum Gasteiger partial charge on any atom is -0.376 e. The number of amides is 1. The number of nitrogens with zero attached hydrogens (tertiary/aromatic N) is 1. The third kappa shape index (κ3) is 5.47. The number of carbonyl (C=O) groups excluding carboxylic acids is 2. The van der Waals surface area contributed by atoms with Crippen LogP contribution in [0.15, 0.2) is 37.6 Å². The van der Waals surface area contributed by atoms with Crippen LogP contribution >= 0.6 is 0 Å². The van der Waals surface area contributed by atoms with Gasteiger partial charge in [0.25, 0.3) is 12.3 Å². The molecule has 0 aliphatic carbocycles. The fraction of sp³-hybridized carbons (Fsp3) is 0.300. The van der Waals surface area contributed by atoms with Crippen molar-refractivity contribution in [3.05, 3.63) is 60.4 Å². The minimum absolute atomic E-state index is 0.0545. The van der Waals surface area contributed by atoms with Gasteiger partial charge in [-0.15, -0.1) is 13.2 Å². The minimum atomic E-state index is -3.03. The van der Waals surface area contributed by atoms with Crippen LogP contribution in [-0.4, -0.2) is 36.0 Å². The Balaban J connectivity index is 0.00000106. The van der Waals surface area contributed by atoms with Crippen molar-refractivity contribution in [3.8, 4) is 0 Å². The molecule has 30 heavy (non-hydrogen) atoms. The lowest BCUT2D eigenvalue weighted by Crippen LogP contribution is -2.53. The summed E-state index contributed by atoms with van der Waals surface area (Å²) in [6, 6.07) is 2.78. The number of carbonyl (C=O) groups is 2. The third-order valence-electron chi connectivity index (χ3n) is 4.10. The number of benzene rings is 1. The number of anilines is 2. The van der Waals surface area contributed by atoms with Crippen molar-refractivity contribution in [1.82, 2.24) is 4.57 Å². The fourth-order valence-corrected chi connectivity index (χ4v) is 2.73. The zero-order chi connectivity index (χ0) is 23.1. The van der Waals surface area contributed by atoms with Crippen molar-refractivity contribution in [2.45, 2.75) is 18.9 Å². The van der Waals surface area contributed by atoms with E-state index < -0.39 is 35.1 Å². The average molecular weight is 429 g/mol. The molecule has 164 valence electrons. The molecule has 0 unspecified atom stereocenters. The third-order valence-corrected chi connectivity index (χ3v) is 4.10. The van der Waals surface area contributed by atoms with Gasteiger partial charge in [-0.25, -0.2) is 17.6 Å². The molecular weight excluding hydrogens is 406 g/mol. The van der Waals surface area contributed by atoms with Gasteiger partial charge in [-0.3, -0.25) is 4.79 Å². The number of hydrogen-bond acceptors (Lipinski definition) is 4. The molecule has 1 aromatic carbocycles. The maximum absolute atomic E-state index is 14.6. The van der Waals surface area contributed by atoms with Gasteiger partial charge in [0.05, 0.1) is 30.0 Å². The summed E-state index contributed by atoms with van der Waals surface area (Å²) in [6.45, 7) is 10.7. The van der Waals surface area contributed by atoms with Gasteiger partial charge in [-0.05, 0) is 25.1 Å². The molecule has 1 aliphatic heterocycles. The van der Waals surface area contributed by atoms with E-state index in [0.717, 1.165) is 18.2 Å². The quantitative estimate of drug-likeness (QED) is 0.549. The van der Waals surface area contributed by atoms with Crippen molar-refractivity contribution >= 4 is 24.1 Å². The topological polar surface area (TPSA) is 72.4 Å². The summed E-state index contributed by atoms with van der Waals surface area (Å²) in [5.74, 6) is -2.68. The molecule has 1 amide bonds. The molecule has 6 nitrogen and oxygen atoms in total. The normalized spacial score (nSPS) is 13.8. The number of halogens is 4. The highest BCUT2D eigenvalue weighted by molar-refractivity contribution is 6.04. The Morgan fingerprint density at radius 3 is 2.33 bits per heavy atom. The van der Waals surface area contributed by atoms with Crippen molar-refractivity contribution < 1.29 is 31.9 Å². The summed E-state index contributed by atoms with van der Waals surface area (Å²) in [4.78, 5) is 20.4. The second-order valence-electron chi connectivity index (χ2n) is 6.49. The summed E-state index contributed by atoms with van der Waals surface area (Å²) in [6.07, 6.45) is -1.61. The van der Waals surface area contributed by atoms with E-state index in [1.165, 1.54) is 17.8 Å². The predicted molar refractivity (Wildman–Crippen MR) is 106 cm³/mol. The van der Waals surface area contributed by atoms with Crippen molar-refractivity contribution in [2.75, 3.05) is 23.8 Å². The number of aromatic nitrogens is 1. The summed E-state index contributed by atoms with van der Waals surface area (Å²) >= 11 is 0. The van der Waals surface area contributed by atoms with Crippen LogP contribution in [0.2, 0.25) is 0 Å². The second-order valence-corrected chi connectivity index (χ2v) is 6.49. The van der Waals surface area contributed by atoms with E-state index in [1.54, 1.807) is 0 Å². The molecule has 1 aliphatic rings. The van der Waals surface area contributed by atoms with Gasteiger partial charge in [0.15, 0.2) is 5.82 Å². The Kier molecular flexibility index (Phi) is 8.78. The highest BCUT2D eigenvalue weighted by Crippen LogP contribution is 2.29. The largest absolute Gasteiger partial charge is 0.376 e. The zero-order valence-electron chi connectivity index (χ0n) is 16.6. The molecule has 2 N–H and O–H groups in total. The predicted octanol–water partition coefficient (Wildman–Crippen LogP) is 4.31. The van der Waals surface area contributed by atoms with Crippen molar-refractivity contribution in [1.29, 1.82) is 0 Å². The van der Waals surface area contributed by atoms with Gasteiger partial charge in [0, 0.05) is 18.9 Å². The molecule has 1 aromatic heterocycles. The molecular formula is C20H23F4N3O3. The molecule has 1 fully saturated rings. The Morgan fingerprint density at radius 2 is 1.83 bits per heavy atom. The van der Waals surface area contributed by atoms with Crippen LogP contribution < -0.4 is 10.6 Å². The summed E-state index contributed by atoms with van der Waals surface area (Å²) in [7, 11) is 1.48. The first-order valence-electron chi connectivity index (χ1n) is 8.59. The Bertz CT molecular complexity index is 880. The summed E-state index contributed by atoms with van der Waals surface area (Å²) < 4.78 is 59.9. The lowest BCUT2D eigenvalue weighted by atomic mass is 10.0. The summed E-state index contributed by atoms with van der Waals surface area (Å²) in [5.41, 5.74) is -1.45. The average Bonchev–Trinajstić information content (AvgIpc) is 2.98. The molecule has 0 bridgehead atoms. The Morgan fingerprint density at radius 1 is 1.23 bits per heavy atom. The van der Waals surface area contributed by atoms with E-state index in [-0.39, 0.29) is 17.1 Å². The molecule has 0 atom stereocenters. The van der Waals surface area contributed by atoms with Crippen LogP contribution in [0, 0.1) is 11.6 Å². The van der Waals surface area contributed by atoms with Crippen molar-refractivity contribution in [3.63, 3.8) is 0 Å².